The zero-order valence-corrected chi connectivity index (χ0v) is 13.1. The summed E-state index contributed by atoms with van der Waals surface area (Å²) in [4.78, 5) is 0. The smallest absolute Gasteiger partial charge is 0.179 e. The molecule has 0 aliphatic carbocycles. The molecule has 21 heavy (non-hydrogen) atoms. The van der Waals surface area contributed by atoms with E-state index in [1.54, 1.807) is 0 Å². The van der Waals surface area contributed by atoms with Gasteiger partial charge >= 0.3 is 0 Å². The van der Waals surface area contributed by atoms with Gasteiger partial charge in [0.05, 0.1) is 24.8 Å². The molecule has 0 radical (unpaired) electrons. The van der Waals surface area contributed by atoms with E-state index in [1.807, 2.05) is 12.1 Å². The Morgan fingerprint density at radius 1 is 1.29 bits per heavy atom. The predicted octanol–water partition coefficient (Wildman–Crippen LogP) is 3.02. The van der Waals surface area contributed by atoms with E-state index in [0.717, 1.165) is 43.9 Å². The first-order chi connectivity index (χ1) is 10.2. The minimum Gasteiger partial charge on any atom is -0.489 e. The summed E-state index contributed by atoms with van der Waals surface area (Å²) in [6.07, 6.45) is 2.02. The van der Waals surface area contributed by atoms with Crippen molar-refractivity contribution in [3.63, 3.8) is 0 Å². The molecule has 1 N–H and O–H groups in total. The van der Waals surface area contributed by atoms with Crippen molar-refractivity contribution in [2.75, 3.05) is 26.4 Å². The van der Waals surface area contributed by atoms with Crippen molar-refractivity contribution in [2.24, 2.45) is 5.92 Å². The molecule has 0 aromatic heterocycles. The highest BCUT2D eigenvalue weighted by molar-refractivity contribution is 6.32. The maximum absolute atomic E-state index is 6.31. The molecular weight excluding hydrogens is 290 g/mol. The van der Waals surface area contributed by atoms with E-state index in [9.17, 15) is 0 Å². The second kappa shape index (κ2) is 6.86. The van der Waals surface area contributed by atoms with E-state index in [0.29, 0.717) is 35.9 Å². The Kier molecular flexibility index (Phi) is 4.88. The molecule has 2 heterocycles. The molecule has 116 valence electrons. The van der Waals surface area contributed by atoms with E-state index in [4.69, 9.17) is 25.8 Å². The number of fused-ring (bicyclic) bond motifs is 1. The molecule has 2 aliphatic heterocycles. The first-order valence-corrected chi connectivity index (χ1v) is 8.01. The average Bonchev–Trinajstić information content (AvgIpc) is 2.91. The Balaban J connectivity index is 1.65. The van der Waals surface area contributed by atoms with Gasteiger partial charge in [-0.25, -0.2) is 0 Å². The molecule has 3 rings (SSSR count). The summed E-state index contributed by atoms with van der Waals surface area (Å²) in [7, 11) is 0. The van der Waals surface area contributed by atoms with Gasteiger partial charge in [0.2, 0.25) is 0 Å². The minimum absolute atomic E-state index is 0.433. The second-order valence-corrected chi connectivity index (χ2v) is 6.16. The molecule has 0 bridgehead atoms. The minimum atomic E-state index is 0.433. The van der Waals surface area contributed by atoms with Crippen molar-refractivity contribution < 1.29 is 14.2 Å². The van der Waals surface area contributed by atoms with Gasteiger partial charge in [0.25, 0.3) is 0 Å². The zero-order chi connectivity index (χ0) is 14.7. The third-order valence-electron chi connectivity index (χ3n) is 4.16. The monoisotopic (exact) mass is 311 g/mol. The average molecular weight is 312 g/mol. The summed E-state index contributed by atoms with van der Waals surface area (Å²) < 4.78 is 16.8. The number of rotatable bonds is 4. The Bertz CT molecular complexity index is 489. The Morgan fingerprint density at radius 3 is 2.95 bits per heavy atom. The summed E-state index contributed by atoms with van der Waals surface area (Å²) in [6.45, 7) is 6.06. The van der Waals surface area contributed by atoms with Crippen LogP contribution in [0.25, 0.3) is 0 Å². The van der Waals surface area contributed by atoms with Crippen LogP contribution in [-0.2, 0) is 11.3 Å². The van der Waals surface area contributed by atoms with Crippen LogP contribution in [0.2, 0.25) is 5.02 Å². The van der Waals surface area contributed by atoms with Crippen molar-refractivity contribution in [2.45, 2.75) is 32.4 Å². The summed E-state index contributed by atoms with van der Waals surface area (Å²) >= 11 is 6.31. The first-order valence-electron chi connectivity index (χ1n) is 7.63. The SMILES string of the molecule is CC(NCc1cc(Cl)c2c(c1)OCCCO2)C1CCOC1. The largest absolute Gasteiger partial charge is 0.489 e. The Labute approximate surface area is 130 Å². The zero-order valence-electron chi connectivity index (χ0n) is 12.4. The van der Waals surface area contributed by atoms with Gasteiger partial charge in [0.1, 0.15) is 0 Å². The van der Waals surface area contributed by atoms with Gasteiger partial charge in [0, 0.05) is 25.6 Å². The fraction of sp³-hybridized carbons (Fsp3) is 0.625. The van der Waals surface area contributed by atoms with Crippen LogP contribution in [0.3, 0.4) is 0 Å². The number of hydrogen-bond donors (Lipinski definition) is 1. The topological polar surface area (TPSA) is 39.7 Å². The number of nitrogens with one attached hydrogen (secondary N) is 1. The van der Waals surface area contributed by atoms with Crippen molar-refractivity contribution in [3.05, 3.63) is 22.7 Å². The summed E-state index contributed by atoms with van der Waals surface area (Å²) in [5, 5.41) is 4.18. The van der Waals surface area contributed by atoms with Crippen LogP contribution in [0.1, 0.15) is 25.3 Å². The molecule has 1 saturated heterocycles. The van der Waals surface area contributed by atoms with Gasteiger partial charge < -0.3 is 19.5 Å². The number of hydrogen-bond acceptors (Lipinski definition) is 4. The lowest BCUT2D eigenvalue weighted by Gasteiger charge is -2.20. The van der Waals surface area contributed by atoms with Gasteiger partial charge in [-0.3, -0.25) is 0 Å². The van der Waals surface area contributed by atoms with Crippen molar-refractivity contribution in [3.8, 4) is 11.5 Å². The van der Waals surface area contributed by atoms with E-state index in [1.165, 1.54) is 0 Å². The first kappa shape index (κ1) is 14.9. The normalized spacial score (nSPS) is 22.9. The summed E-state index contributed by atoms with van der Waals surface area (Å²) in [5.41, 5.74) is 1.12. The van der Waals surface area contributed by atoms with E-state index in [-0.39, 0.29) is 0 Å². The predicted molar refractivity (Wildman–Crippen MR) is 82.3 cm³/mol. The van der Waals surface area contributed by atoms with Crippen molar-refractivity contribution >= 4 is 11.6 Å². The van der Waals surface area contributed by atoms with Gasteiger partial charge in [-0.1, -0.05) is 11.6 Å². The molecule has 2 unspecified atom stereocenters. The van der Waals surface area contributed by atoms with Crippen molar-refractivity contribution in [1.82, 2.24) is 5.32 Å². The van der Waals surface area contributed by atoms with Gasteiger partial charge in [-0.05, 0) is 37.0 Å². The Hall–Kier alpha value is -0.970. The highest BCUT2D eigenvalue weighted by atomic mass is 35.5. The standard InChI is InChI=1S/C16H22ClNO3/c1-11(13-3-6-19-10-13)18-9-12-7-14(17)16-15(8-12)20-4-2-5-21-16/h7-8,11,13,18H,2-6,9-10H2,1H3. The van der Waals surface area contributed by atoms with Gasteiger partial charge in [-0.2, -0.15) is 0 Å². The molecule has 0 amide bonds. The van der Waals surface area contributed by atoms with Crippen LogP contribution < -0.4 is 14.8 Å². The molecule has 1 aromatic rings. The molecule has 5 heteroatoms. The fourth-order valence-electron chi connectivity index (χ4n) is 2.78. The maximum atomic E-state index is 6.31. The van der Waals surface area contributed by atoms with Crippen LogP contribution in [-0.4, -0.2) is 32.5 Å². The number of benzene rings is 1. The lowest BCUT2D eigenvalue weighted by molar-refractivity contribution is 0.178. The van der Waals surface area contributed by atoms with Crippen LogP contribution in [0.5, 0.6) is 11.5 Å². The van der Waals surface area contributed by atoms with Crippen molar-refractivity contribution in [1.29, 1.82) is 0 Å². The van der Waals surface area contributed by atoms with E-state index < -0.39 is 0 Å². The molecular formula is C16H22ClNO3. The lowest BCUT2D eigenvalue weighted by atomic mass is 10.0. The third kappa shape index (κ3) is 3.62. The highest BCUT2D eigenvalue weighted by Crippen LogP contribution is 2.38. The maximum Gasteiger partial charge on any atom is 0.179 e. The third-order valence-corrected chi connectivity index (χ3v) is 4.44. The molecule has 0 spiro atoms. The molecule has 4 nitrogen and oxygen atoms in total. The lowest BCUT2D eigenvalue weighted by Crippen LogP contribution is -2.33. The molecule has 1 fully saturated rings. The molecule has 2 aliphatic rings. The van der Waals surface area contributed by atoms with Crippen LogP contribution >= 0.6 is 11.6 Å². The highest BCUT2D eigenvalue weighted by Gasteiger charge is 2.22. The fourth-order valence-corrected chi connectivity index (χ4v) is 3.07. The Morgan fingerprint density at radius 2 is 2.14 bits per heavy atom. The molecule has 2 atom stereocenters. The van der Waals surface area contributed by atoms with E-state index in [2.05, 4.69) is 12.2 Å². The molecule has 0 saturated carbocycles. The van der Waals surface area contributed by atoms with E-state index >= 15 is 0 Å². The van der Waals surface area contributed by atoms with Crippen LogP contribution in [0.4, 0.5) is 0 Å². The second-order valence-electron chi connectivity index (χ2n) is 5.75. The number of halogens is 1. The quantitative estimate of drug-likeness (QED) is 0.928. The summed E-state index contributed by atoms with van der Waals surface area (Å²) in [5.74, 6) is 2.03. The van der Waals surface area contributed by atoms with Crippen LogP contribution in [0.15, 0.2) is 12.1 Å². The van der Waals surface area contributed by atoms with Gasteiger partial charge in [0.15, 0.2) is 11.5 Å². The summed E-state index contributed by atoms with van der Waals surface area (Å²) in [6, 6.07) is 4.42. The van der Waals surface area contributed by atoms with Crippen LogP contribution in [0, 0.1) is 5.92 Å². The van der Waals surface area contributed by atoms with Gasteiger partial charge in [-0.15, -0.1) is 0 Å². The number of ether oxygens (including phenoxy) is 3. The molecule has 1 aromatic carbocycles.